The topological polar surface area (TPSA) is 79.0 Å². The van der Waals surface area contributed by atoms with Gasteiger partial charge in [0.1, 0.15) is 5.75 Å². The van der Waals surface area contributed by atoms with Gasteiger partial charge in [-0.25, -0.2) is 4.72 Å². The first-order valence-electron chi connectivity index (χ1n) is 7.36. The fourth-order valence-corrected chi connectivity index (χ4v) is 2.50. The fourth-order valence-electron chi connectivity index (χ4n) is 1.90. The van der Waals surface area contributed by atoms with Crippen LogP contribution in [-0.4, -0.2) is 51.9 Å². The van der Waals surface area contributed by atoms with E-state index in [9.17, 15) is 13.2 Å². The van der Waals surface area contributed by atoms with Crippen molar-refractivity contribution < 1.29 is 17.9 Å². The molecule has 0 saturated heterocycles. The Hall–Kier alpha value is -1.64. The van der Waals surface area contributed by atoms with Crippen molar-refractivity contribution in [1.82, 2.24) is 9.03 Å². The van der Waals surface area contributed by atoms with Crippen molar-refractivity contribution in [2.45, 2.75) is 26.9 Å². The molecule has 0 aliphatic heterocycles. The van der Waals surface area contributed by atoms with Crippen LogP contribution < -0.4 is 14.4 Å². The zero-order chi connectivity index (χ0) is 17.6. The smallest absolute Gasteiger partial charge is 0.278 e. The standard InChI is InChI=1S/C15H25N3O4S/c1-12(2)22-15-9-7-6-8-14(15)18(13(3)19)11-10-16-23(20,21)17(4)5/h6-9,12,16H,10-11H2,1-5H3. The van der Waals surface area contributed by atoms with Gasteiger partial charge in [0.15, 0.2) is 0 Å². The molecule has 0 fully saturated rings. The van der Waals surface area contributed by atoms with Crippen molar-refractivity contribution in [1.29, 1.82) is 0 Å². The average molecular weight is 343 g/mol. The predicted molar refractivity (Wildman–Crippen MR) is 90.8 cm³/mol. The number of nitrogens with zero attached hydrogens (tertiary/aromatic N) is 2. The van der Waals surface area contributed by atoms with Crippen molar-refractivity contribution in [2.75, 3.05) is 32.1 Å². The third-order valence-corrected chi connectivity index (χ3v) is 4.53. The molecule has 0 unspecified atom stereocenters. The van der Waals surface area contributed by atoms with Crippen LogP contribution in [0.2, 0.25) is 0 Å². The maximum Gasteiger partial charge on any atom is 0.278 e. The Labute approximate surface area is 138 Å². The molecule has 0 aliphatic carbocycles. The van der Waals surface area contributed by atoms with Gasteiger partial charge >= 0.3 is 0 Å². The third kappa shape index (κ3) is 5.81. The number of rotatable bonds is 8. The van der Waals surface area contributed by atoms with Gasteiger partial charge in [0.05, 0.1) is 11.8 Å². The summed E-state index contributed by atoms with van der Waals surface area (Å²) < 4.78 is 32.7. The van der Waals surface area contributed by atoms with Crippen molar-refractivity contribution in [3.63, 3.8) is 0 Å². The first-order valence-corrected chi connectivity index (χ1v) is 8.80. The van der Waals surface area contributed by atoms with E-state index in [1.54, 1.807) is 12.1 Å². The molecular weight excluding hydrogens is 318 g/mol. The van der Waals surface area contributed by atoms with Gasteiger partial charge in [-0.2, -0.15) is 12.7 Å². The highest BCUT2D eigenvalue weighted by molar-refractivity contribution is 7.87. The molecule has 130 valence electrons. The number of amides is 1. The van der Waals surface area contributed by atoms with Crippen molar-refractivity contribution >= 4 is 21.8 Å². The highest BCUT2D eigenvalue weighted by atomic mass is 32.2. The quantitative estimate of drug-likeness (QED) is 0.770. The van der Waals surface area contributed by atoms with Gasteiger partial charge in [-0.1, -0.05) is 12.1 Å². The van der Waals surface area contributed by atoms with Gasteiger partial charge in [0, 0.05) is 34.1 Å². The number of anilines is 1. The molecule has 23 heavy (non-hydrogen) atoms. The lowest BCUT2D eigenvalue weighted by atomic mass is 10.2. The van der Waals surface area contributed by atoms with E-state index in [0.29, 0.717) is 11.4 Å². The number of ether oxygens (including phenoxy) is 1. The molecular formula is C15H25N3O4S. The molecule has 1 aromatic carbocycles. The lowest BCUT2D eigenvalue weighted by Crippen LogP contribution is -2.41. The van der Waals surface area contributed by atoms with Gasteiger partial charge < -0.3 is 9.64 Å². The zero-order valence-electron chi connectivity index (χ0n) is 14.2. The van der Waals surface area contributed by atoms with Gasteiger partial charge in [-0.3, -0.25) is 4.79 Å². The zero-order valence-corrected chi connectivity index (χ0v) is 15.1. The Morgan fingerprint density at radius 2 is 1.87 bits per heavy atom. The van der Waals surface area contributed by atoms with Crippen molar-refractivity contribution in [3.8, 4) is 5.75 Å². The number of benzene rings is 1. The summed E-state index contributed by atoms with van der Waals surface area (Å²) >= 11 is 0. The number of hydrogen-bond acceptors (Lipinski definition) is 4. The first-order chi connectivity index (χ1) is 10.6. The number of para-hydroxylation sites is 2. The summed E-state index contributed by atoms with van der Waals surface area (Å²) in [6.45, 7) is 5.56. The Balaban J connectivity index is 2.90. The van der Waals surface area contributed by atoms with E-state index < -0.39 is 10.2 Å². The second-order valence-corrected chi connectivity index (χ2v) is 7.46. The fraction of sp³-hybridized carbons (Fsp3) is 0.533. The van der Waals surface area contributed by atoms with E-state index in [2.05, 4.69) is 4.72 Å². The molecule has 0 aromatic heterocycles. The summed E-state index contributed by atoms with van der Waals surface area (Å²) in [5.41, 5.74) is 0.623. The lowest BCUT2D eigenvalue weighted by Gasteiger charge is -2.25. The molecule has 1 rings (SSSR count). The molecule has 1 N–H and O–H groups in total. The molecule has 0 atom stereocenters. The SMILES string of the molecule is CC(=O)N(CCNS(=O)(=O)N(C)C)c1ccccc1OC(C)C. The molecule has 0 saturated carbocycles. The molecule has 8 heteroatoms. The molecule has 1 amide bonds. The average Bonchev–Trinajstić information content (AvgIpc) is 2.43. The summed E-state index contributed by atoms with van der Waals surface area (Å²) in [4.78, 5) is 13.5. The lowest BCUT2D eigenvalue weighted by molar-refractivity contribution is -0.116. The Bertz CT molecular complexity index is 629. The van der Waals surface area contributed by atoms with Crippen LogP contribution in [0.4, 0.5) is 5.69 Å². The van der Waals surface area contributed by atoms with Crippen LogP contribution in [0.25, 0.3) is 0 Å². The van der Waals surface area contributed by atoms with Crippen LogP contribution in [0.5, 0.6) is 5.75 Å². The predicted octanol–water partition coefficient (Wildman–Crippen LogP) is 1.22. The second kappa shape index (κ2) is 8.28. The molecule has 0 aliphatic rings. The maximum atomic E-state index is 12.0. The van der Waals surface area contributed by atoms with E-state index in [4.69, 9.17) is 4.74 Å². The minimum atomic E-state index is -3.52. The van der Waals surface area contributed by atoms with Gasteiger partial charge in [0.2, 0.25) is 5.91 Å². The minimum absolute atomic E-state index is 0.0304. The summed E-state index contributed by atoms with van der Waals surface area (Å²) in [5.74, 6) is 0.405. The molecule has 0 heterocycles. The van der Waals surface area contributed by atoms with Crippen LogP contribution in [0.15, 0.2) is 24.3 Å². The largest absolute Gasteiger partial charge is 0.489 e. The monoisotopic (exact) mass is 343 g/mol. The number of nitrogens with one attached hydrogen (secondary N) is 1. The Morgan fingerprint density at radius 1 is 1.26 bits per heavy atom. The first kappa shape index (κ1) is 19.4. The van der Waals surface area contributed by atoms with Crippen molar-refractivity contribution in [3.05, 3.63) is 24.3 Å². The normalized spacial score (nSPS) is 11.8. The highest BCUT2D eigenvalue weighted by Gasteiger charge is 2.18. The Kier molecular flexibility index (Phi) is 6.99. The number of carbonyl (C=O) groups excluding carboxylic acids is 1. The van der Waals surface area contributed by atoms with E-state index in [1.807, 2.05) is 26.0 Å². The summed E-state index contributed by atoms with van der Waals surface area (Å²) in [7, 11) is -0.634. The van der Waals surface area contributed by atoms with Crippen LogP contribution in [-0.2, 0) is 15.0 Å². The van der Waals surface area contributed by atoms with Gasteiger partial charge in [0.25, 0.3) is 10.2 Å². The minimum Gasteiger partial charge on any atom is -0.489 e. The van der Waals surface area contributed by atoms with E-state index in [-0.39, 0.29) is 25.1 Å². The van der Waals surface area contributed by atoms with E-state index in [0.717, 1.165) is 4.31 Å². The summed E-state index contributed by atoms with van der Waals surface area (Å²) in [6.07, 6.45) is -0.0304. The van der Waals surface area contributed by atoms with Gasteiger partial charge in [-0.15, -0.1) is 0 Å². The molecule has 1 aromatic rings. The molecule has 0 bridgehead atoms. The molecule has 7 nitrogen and oxygen atoms in total. The van der Waals surface area contributed by atoms with Crippen LogP contribution in [0.3, 0.4) is 0 Å². The van der Waals surface area contributed by atoms with Crippen LogP contribution >= 0.6 is 0 Å². The van der Waals surface area contributed by atoms with Crippen LogP contribution in [0.1, 0.15) is 20.8 Å². The third-order valence-electron chi connectivity index (χ3n) is 3.00. The number of carbonyl (C=O) groups is 1. The van der Waals surface area contributed by atoms with E-state index >= 15 is 0 Å². The molecule has 0 spiro atoms. The second-order valence-electron chi connectivity index (χ2n) is 5.49. The summed E-state index contributed by atoms with van der Waals surface area (Å²) in [6, 6.07) is 7.20. The van der Waals surface area contributed by atoms with Crippen molar-refractivity contribution in [2.24, 2.45) is 0 Å². The summed E-state index contributed by atoms with van der Waals surface area (Å²) in [5, 5.41) is 0. The Morgan fingerprint density at radius 3 is 2.39 bits per heavy atom. The highest BCUT2D eigenvalue weighted by Crippen LogP contribution is 2.28. The van der Waals surface area contributed by atoms with Crippen LogP contribution in [0, 0.1) is 0 Å². The van der Waals surface area contributed by atoms with E-state index in [1.165, 1.54) is 25.9 Å². The van der Waals surface area contributed by atoms with Gasteiger partial charge in [-0.05, 0) is 26.0 Å². The number of hydrogen-bond donors (Lipinski definition) is 1. The maximum absolute atomic E-state index is 12.0. The molecule has 0 radical (unpaired) electrons.